The maximum Gasteiger partial charge on any atom is 0.146 e. The molecule has 0 bridgehead atoms. The standard InChI is InChI=1S/C12H14ClN3S/c13-11-10(7-14)1-4-15-12(11)16-8-9-2-5-17-6-3-9/h1,4,9H,2-3,5-6,8H2,(H,15,16). The van der Waals surface area contributed by atoms with Gasteiger partial charge in [-0.25, -0.2) is 4.98 Å². The number of aromatic nitrogens is 1. The normalized spacial score (nSPS) is 16.5. The summed E-state index contributed by atoms with van der Waals surface area (Å²) < 4.78 is 0. The van der Waals surface area contributed by atoms with Crippen molar-refractivity contribution in [2.45, 2.75) is 12.8 Å². The van der Waals surface area contributed by atoms with Gasteiger partial charge in [0.15, 0.2) is 0 Å². The van der Waals surface area contributed by atoms with Gasteiger partial charge in [0, 0.05) is 12.7 Å². The predicted octanol–water partition coefficient (Wildman–Crippen LogP) is 3.16. The summed E-state index contributed by atoms with van der Waals surface area (Å²) in [7, 11) is 0. The number of thioether (sulfide) groups is 1. The van der Waals surface area contributed by atoms with E-state index in [1.54, 1.807) is 12.3 Å². The third-order valence-corrected chi connectivity index (χ3v) is 4.34. The summed E-state index contributed by atoms with van der Waals surface area (Å²) in [6.45, 7) is 0.891. The minimum Gasteiger partial charge on any atom is -0.369 e. The average Bonchev–Trinajstić information content (AvgIpc) is 2.39. The summed E-state index contributed by atoms with van der Waals surface area (Å²) in [6, 6.07) is 3.69. The van der Waals surface area contributed by atoms with Crippen molar-refractivity contribution in [2.24, 2.45) is 5.92 Å². The zero-order valence-electron chi connectivity index (χ0n) is 9.45. The van der Waals surface area contributed by atoms with E-state index in [-0.39, 0.29) is 0 Å². The topological polar surface area (TPSA) is 48.7 Å². The second-order valence-electron chi connectivity index (χ2n) is 4.07. The molecule has 1 fully saturated rings. The lowest BCUT2D eigenvalue weighted by Gasteiger charge is -2.22. The molecule has 2 rings (SSSR count). The van der Waals surface area contributed by atoms with Crippen LogP contribution >= 0.6 is 23.4 Å². The molecule has 3 nitrogen and oxygen atoms in total. The maximum atomic E-state index is 8.87. The Bertz CT molecular complexity index is 424. The van der Waals surface area contributed by atoms with E-state index in [9.17, 15) is 0 Å². The number of rotatable bonds is 3. The molecule has 0 spiro atoms. The average molecular weight is 268 g/mol. The number of hydrogen-bond acceptors (Lipinski definition) is 4. The Morgan fingerprint density at radius 1 is 1.53 bits per heavy atom. The number of nitrogens with zero attached hydrogens (tertiary/aromatic N) is 2. The van der Waals surface area contributed by atoms with Gasteiger partial charge in [-0.2, -0.15) is 17.0 Å². The minimum atomic E-state index is 0.431. The van der Waals surface area contributed by atoms with Crippen LogP contribution in [0.15, 0.2) is 12.3 Å². The van der Waals surface area contributed by atoms with E-state index in [0.29, 0.717) is 22.3 Å². The molecule has 1 N–H and O–H groups in total. The van der Waals surface area contributed by atoms with Gasteiger partial charge < -0.3 is 5.32 Å². The molecule has 1 saturated heterocycles. The molecule has 0 saturated carbocycles. The molecule has 1 aliphatic heterocycles. The van der Waals surface area contributed by atoms with Crippen LogP contribution in [0.2, 0.25) is 5.02 Å². The molecule has 90 valence electrons. The lowest BCUT2D eigenvalue weighted by Crippen LogP contribution is -2.19. The molecule has 0 aliphatic carbocycles. The van der Waals surface area contributed by atoms with Crippen molar-refractivity contribution in [3.63, 3.8) is 0 Å². The number of pyridine rings is 1. The van der Waals surface area contributed by atoms with E-state index in [0.717, 1.165) is 6.54 Å². The molecule has 1 aromatic rings. The first kappa shape index (κ1) is 12.5. The van der Waals surface area contributed by atoms with Crippen molar-refractivity contribution in [1.82, 2.24) is 4.98 Å². The molecule has 17 heavy (non-hydrogen) atoms. The fourth-order valence-corrected chi connectivity index (χ4v) is 3.27. The van der Waals surface area contributed by atoms with Gasteiger partial charge in [0.2, 0.25) is 0 Å². The summed E-state index contributed by atoms with van der Waals surface area (Å²) >= 11 is 8.09. The zero-order valence-corrected chi connectivity index (χ0v) is 11.0. The number of hydrogen-bond donors (Lipinski definition) is 1. The largest absolute Gasteiger partial charge is 0.369 e. The summed E-state index contributed by atoms with van der Waals surface area (Å²) in [5.41, 5.74) is 0.475. The second-order valence-corrected chi connectivity index (χ2v) is 5.67. The minimum absolute atomic E-state index is 0.431. The lowest BCUT2D eigenvalue weighted by molar-refractivity contribution is 0.515. The molecule has 1 aromatic heterocycles. The molecule has 1 aliphatic rings. The maximum absolute atomic E-state index is 8.87. The number of nitrogens with one attached hydrogen (secondary N) is 1. The monoisotopic (exact) mass is 267 g/mol. The first-order chi connectivity index (χ1) is 8.31. The van der Waals surface area contributed by atoms with Crippen LogP contribution in [0.5, 0.6) is 0 Å². The van der Waals surface area contributed by atoms with Crippen LogP contribution in [0, 0.1) is 17.2 Å². The predicted molar refractivity (Wildman–Crippen MR) is 72.5 cm³/mol. The van der Waals surface area contributed by atoms with Crippen LogP contribution in [-0.2, 0) is 0 Å². The van der Waals surface area contributed by atoms with Crippen LogP contribution < -0.4 is 5.32 Å². The van der Waals surface area contributed by atoms with Gasteiger partial charge in [0.1, 0.15) is 16.9 Å². The van der Waals surface area contributed by atoms with Crippen LogP contribution in [-0.4, -0.2) is 23.0 Å². The molecule has 0 radical (unpaired) electrons. The molecular formula is C12H14ClN3S. The molecular weight excluding hydrogens is 254 g/mol. The number of halogens is 1. The summed E-state index contributed by atoms with van der Waals surface area (Å²) in [5, 5.41) is 12.6. The van der Waals surface area contributed by atoms with Crippen molar-refractivity contribution < 1.29 is 0 Å². The Morgan fingerprint density at radius 3 is 3.00 bits per heavy atom. The molecule has 2 heterocycles. The quantitative estimate of drug-likeness (QED) is 0.914. The van der Waals surface area contributed by atoms with Gasteiger partial charge in [-0.1, -0.05) is 11.6 Å². The lowest BCUT2D eigenvalue weighted by atomic mass is 10.0. The highest BCUT2D eigenvalue weighted by atomic mass is 35.5. The Kier molecular flexibility index (Phi) is 4.52. The van der Waals surface area contributed by atoms with Gasteiger partial charge in [-0.15, -0.1) is 0 Å². The number of nitriles is 1. The van der Waals surface area contributed by atoms with Gasteiger partial charge in [-0.3, -0.25) is 0 Å². The van der Waals surface area contributed by atoms with E-state index in [1.807, 2.05) is 11.8 Å². The van der Waals surface area contributed by atoms with E-state index in [2.05, 4.69) is 16.4 Å². The third kappa shape index (κ3) is 3.27. The Balaban J connectivity index is 1.96. The van der Waals surface area contributed by atoms with Crippen molar-refractivity contribution >= 4 is 29.2 Å². The van der Waals surface area contributed by atoms with Crippen molar-refractivity contribution in [3.05, 3.63) is 22.8 Å². The smallest absolute Gasteiger partial charge is 0.146 e. The first-order valence-corrected chi connectivity index (χ1v) is 7.20. The highest BCUT2D eigenvalue weighted by molar-refractivity contribution is 7.99. The van der Waals surface area contributed by atoms with Crippen LogP contribution in [0.3, 0.4) is 0 Å². The fourth-order valence-electron chi connectivity index (χ4n) is 1.84. The van der Waals surface area contributed by atoms with Gasteiger partial charge in [0.25, 0.3) is 0 Å². The molecule has 0 atom stereocenters. The summed E-state index contributed by atoms with van der Waals surface area (Å²) in [6.07, 6.45) is 4.10. The van der Waals surface area contributed by atoms with E-state index >= 15 is 0 Å². The van der Waals surface area contributed by atoms with E-state index in [4.69, 9.17) is 16.9 Å². The Hall–Kier alpha value is -0.920. The van der Waals surface area contributed by atoms with Crippen LogP contribution in [0.1, 0.15) is 18.4 Å². The summed E-state index contributed by atoms with van der Waals surface area (Å²) in [4.78, 5) is 4.17. The van der Waals surface area contributed by atoms with Gasteiger partial charge >= 0.3 is 0 Å². The molecule has 0 amide bonds. The molecule has 0 aromatic carbocycles. The van der Waals surface area contributed by atoms with Crippen molar-refractivity contribution in [1.29, 1.82) is 5.26 Å². The molecule has 0 unspecified atom stereocenters. The van der Waals surface area contributed by atoms with Gasteiger partial charge in [0.05, 0.1) is 5.56 Å². The third-order valence-electron chi connectivity index (χ3n) is 2.91. The Morgan fingerprint density at radius 2 is 2.29 bits per heavy atom. The first-order valence-electron chi connectivity index (χ1n) is 5.67. The second kappa shape index (κ2) is 6.13. The highest BCUT2D eigenvalue weighted by Crippen LogP contribution is 2.26. The fraction of sp³-hybridized carbons (Fsp3) is 0.500. The van der Waals surface area contributed by atoms with Crippen LogP contribution in [0.4, 0.5) is 5.82 Å². The molecule has 5 heteroatoms. The Labute approximate surface area is 111 Å². The zero-order chi connectivity index (χ0) is 12.1. The van der Waals surface area contributed by atoms with Crippen molar-refractivity contribution in [2.75, 3.05) is 23.4 Å². The van der Waals surface area contributed by atoms with E-state index < -0.39 is 0 Å². The van der Waals surface area contributed by atoms with Gasteiger partial charge in [-0.05, 0) is 36.3 Å². The highest BCUT2D eigenvalue weighted by Gasteiger charge is 2.14. The van der Waals surface area contributed by atoms with Crippen LogP contribution in [0.25, 0.3) is 0 Å². The summed E-state index contributed by atoms with van der Waals surface area (Å²) in [5.74, 6) is 3.81. The number of anilines is 1. The van der Waals surface area contributed by atoms with E-state index in [1.165, 1.54) is 24.3 Å². The van der Waals surface area contributed by atoms with Crippen molar-refractivity contribution in [3.8, 4) is 6.07 Å². The SMILES string of the molecule is N#Cc1ccnc(NCC2CCSCC2)c1Cl.